The van der Waals surface area contributed by atoms with Crippen molar-refractivity contribution in [3.05, 3.63) is 0 Å². The molecule has 1 atom stereocenters. The third-order valence-corrected chi connectivity index (χ3v) is 3.59. The van der Waals surface area contributed by atoms with E-state index in [-0.39, 0.29) is 12.1 Å². The molecule has 2 amide bonds. The first-order valence-electron chi connectivity index (χ1n) is 6.13. The smallest absolute Gasteiger partial charge is 0.332 e. The minimum absolute atomic E-state index is 0.235. The fourth-order valence-corrected chi connectivity index (χ4v) is 2.81. The molecule has 2 fully saturated rings. The zero-order chi connectivity index (χ0) is 11.4. The van der Waals surface area contributed by atoms with Crippen molar-refractivity contribution in [3.63, 3.8) is 0 Å². The van der Waals surface area contributed by atoms with Crippen LogP contribution in [0.5, 0.6) is 0 Å². The molecule has 2 rings (SSSR count). The molecule has 16 heavy (non-hydrogen) atoms. The van der Waals surface area contributed by atoms with E-state index in [1.807, 2.05) is 0 Å². The van der Waals surface area contributed by atoms with Crippen LogP contribution >= 0.6 is 0 Å². The first-order chi connectivity index (χ1) is 7.79. The van der Waals surface area contributed by atoms with Crippen molar-refractivity contribution in [3.8, 4) is 0 Å². The molecular formula is C11H21N3O2. The van der Waals surface area contributed by atoms with Crippen molar-refractivity contribution in [1.82, 2.24) is 15.7 Å². The fraction of sp³-hybridized carbons (Fsp3) is 0.909. The van der Waals surface area contributed by atoms with Gasteiger partial charge in [-0.2, -0.15) is 0 Å². The summed E-state index contributed by atoms with van der Waals surface area (Å²) < 4.78 is 0. The number of carbonyl (C=O) groups is 1. The van der Waals surface area contributed by atoms with Gasteiger partial charge in [0.15, 0.2) is 0 Å². The van der Waals surface area contributed by atoms with Gasteiger partial charge in [-0.25, -0.2) is 10.3 Å². The Labute approximate surface area is 96.5 Å². The zero-order valence-electron chi connectivity index (χ0n) is 9.87. The Bertz CT molecular complexity index is 241. The summed E-state index contributed by atoms with van der Waals surface area (Å²) in [6.45, 7) is 2.10. The van der Waals surface area contributed by atoms with Gasteiger partial charge in [0.05, 0.1) is 7.11 Å². The number of hydrogen-bond acceptors (Lipinski definition) is 3. The van der Waals surface area contributed by atoms with Crippen LogP contribution in [0.2, 0.25) is 0 Å². The molecule has 2 N–H and O–H groups in total. The van der Waals surface area contributed by atoms with Gasteiger partial charge in [-0.05, 0) is 19.3 Å². The molecule has 0 aromatic carbocycles. The van der Waals surface area contributed by atoms with Crippen LogP contribution in [0, 0.1) is 0 Å². The second kappa shape index (κ2) is 5.50. The van der Waals surface area contributed by atoms with Crippen molar-refractivity contribution < 1.29 is 9.63 Å². The number of rotatable bonds is 3. The molecule has 0 bridgehead atoms. The van der Waals surface area contributed by atoms with E-state index < -0.39 is 0 Å². The first kappa shape index (κ1) is 11.7. The summed E-state index contributed by atoms with van der Waals surface area (Å²) in [4.78, 5) is 18.3. The molecule has 1 saturated heterocycles. The molecule has 92 valence electrons. The summed E-state index contributed by atoms with van der Waals surface area (Å²) in [6.07, 6.45) is 6.44. The number of hydrogen-bond donors (Lipinski definition) is 2. The lowest BCUT2D eigenvalue weighted by Gasteiger charge is -2.23. The summed E-state index contributed by atoms with van der Waals surface area (Å²) in [5.41, 5.74) is 2.29. The fourth-order valence-electron chi connectivity index (χ4n) is 2.81. The molecular weight excluding hydrogens is 206 g/mol. The molecule has 1 heterocycles. The van der Waals surface area contributed by atoms with Crippen LogP contribution in [0.15, 0.2) is 0 Å². The van der Waals surface area contributed by atoms with E-state index in [1.54, 1.807) is 0 Å². The molecule has 5 nitrogen and oxygen atoms in total. The van der Waals surface area contributed by atoms with Gasteiger partial charge in [0, 0.05) is 25.2 Å². The molecule has 0 aromatic heterocycles. The largest absolute Gasteiger partial charge is 0.338 e. The van der Waals surface area contributed by atoms with Crippen LogP contribution in [0.25, 0.3) is 0 Å². The third kappa shape index (κ3) is 2.86. The molecule has 2 aliphatic rings. The van der Waals surface area contributed by atoms with E-state index in [0.717, 1.165) is 25.6 Å². The Kier molecular flexibility index (Phi) is 4.01. The van der Waals surface area contributed by atoms with Gasteiger partial charge < -0.3 is 5.32 Å². The van der Waals surface area contributed by atoms with Gasteiger partial charge in [0.25, 0.3) is 0 Å². The standard InChI is InChI=1S/C11H21N3O2/c1-16-13-11(15)12-9-6-7-14(8-9)10-4-2-3-5-10/h9-10H,2-8H2,1H3,(H2,12,13,15). The summed E-state index contributed by atoms with van der Waals surface area (Å²) in [6, 6.07) is 0.800. The third-order valence-electron chi connectivity index (χ3n) is 3.59. The maximum Gasteiger partial charge on any atom is 0.338 e. The number of urea groups is 1. The first-order valence-corrected chi connectivity index (χ1v) is 6.13. The molecule has 0 aromatic rings. The molecule has 1 aliphatic heterocycles. The summed E-state index contributed by atoms with van der Waals surface area (Å²) in [7, 11) is 1.44. The number of carbonyl (C=O) groups excluding carboxylic acids is 1. The predicted molar refractivity (Wildman–Crippen MR) is 60.9 cm³/mol. The van der Waals surface area contributed by atoms with E-state index in [9.17, 15) is 4.79 Å². The van der Waals surface area contributed by atoms with E-state index in [4.69, 9.17) is 0 Å². The normalized spacial score (nSPS) is 27.2. The van der Waals surface area contributed by atoms with Gasteiger partial charge in [0.2, 0.25) is 0 Å². The van der Waals surface area contributed by atoms with Crippen LogP contribution in [-0.4, -0.2) is 43.2 Å². The monoisotopic (exact) mass is 227 g/mol. The lowest BCUT2D eigenvalue weighted by molar-refractivity contribution is 0.106. The number of nitrogens with one attached hydrogen (secondary N) is 2. The van der Waals surface area contributed by atoms with Gasteiger partial charge in [-0.3, -0.25) is 9.74 Å². The Morgan fingerprint density at radius 1 is 1.31 bits per heavy atom. The van der Waals surface area contributed by atoms with E-state index in [0.29, 0.717) is 0 Å². The maximum atomic E-state index is 11.3. The number of likely N-dealkylation sites (tertiary alicyclic amines) is 1. The van der Waals surface area contributed by atoms with Crippen LogP contribution in [0.1, 0.15) is 32.1 Å². The molecule has 0 spiro atoms. The Hall–Kier alpha value is -0.810. The van der Waals surface area contributed by atoms with Crippen LogP contribution in [-0.2, 0) is 4.84 Å². The topological polar surface area (TPSA) is 53.6 Å². The highest BCUT2D eigenvalue weighted by molar-refractivity contribution is 5.73. The summed E-state index contributed by atoms with van der Waals surface area (Å²) >= 11 is 0. The highest BCUT2D eigenvalue weighted by atomic mass is 16.6. The van der Waals surface area contributed by atoms with Crippen LogP contribution in [0.3, 0.4) is 0 Å². The lowest BCUT2D eigenvalue weighted by atomic mass is 10.2. The molecule has 1 unspecified atom stereocenters. The van der Waals surface area contributed by atoms with Gasteiger partial charge in [-0.15, -0.1) is 0 Å². The molecule has 1 saturated carbocycles. The second-order valence-electron chi connectivity index (χ2n) is 4.70. The molecule has 5 heteroatoms. The molecule has 1 aliphatic carbocycles. The van der Waals surface area contributed by atoms with E-state index in [1.165, 1.54) is 32.8 Å². The summed E-state index contributed by atoms with van der Waals surface area (Å²) in [5, 5.41) is 2.92. The van der Waals surface area contributed by atoms with Gasteiger partial charge in [0.1, 0.15) is 0 Å². The van der Waals surface area contributed by atoms with Crippen molar-refractivity contribution in [2.45, 2.75) is 44.2 Å². The average Bonchev–Trinajstić information content (AvgIpc) is 2.86. The lowest BCUT2D eigenvalue weighted by Crippen LogP contribution is -2.43. The number of amides is 2. The van der Waals surface area contributed by atoms with Gasteiger partial charge in [-0.1, -0.05) is 12.8 Å². The van der Waals surface area contributed by atoms with E-state index in [2.05, 4.69) is 20.5 Å². The Morgan fingerprint density at radius 3 is 2.75 bits per heavy atom. The van der Waals surface area contributed by atoms with Crippen LogP contribution < -0.4 is 10.8 Å². The SMILES string of the molecule is CONC(=O)NC1CCN(C2CCCC2)C1. The Morgan fingerprint density at radius 2 is 2.06 bits per heavy atom. The van der Waals surface area contributed by atoms with Crippen molar-refractivity contribution in [1.29, 1.82) is 0 Å². The number of nitrogens with zero attached hydrogens (tertiary/aromatic N) is 1. The minimum Gasteiger partial charge on any atom is -0.332 e. The predicted octanol–water partition coefficient (Wildman–Crippen LogP) is 0.864. The number of hydroxylamine groups is 1. The highest BCUT2D eigenvalue weighted by Gasteiger charge is 2.30. The zero-order valence-corrected chi connectivity index (χ0v) is 9.87. The van der Waals surface area contributed by atoms with Crippen molar-refractivity contribution in [2.75, 3.05) is 20.2 Å². The Balaban J connectivity index is 1.72. The minimum atomic E-state index is -0.235. The van der Waals surface area contributed by atoms with Crippen LogP contribution in [0.4, 0.5) is 4.79 Å². The average molecular weight is 227 g/mol. The van der Waals surface area contributed by atoms with Gasteiger partial charge >= 0.3 is 6.03 Å². The van der Waals surface area contributed by atoms with E-state index >= 15 is 0 Å². The highest BCUT2D eigenvalue weighted by Crippen LogP contribution is 2.26. The maximum absolute atomic E-state index is 11.3. The van der Waals surface area contributed by atoms with Crippen molar-refractivity contribution in [2.24, 2.45) is 0 Å². The van der Waals surface area contributed by atoms with Crippen molar-refractivity contribution >= 4 is 6.03 Å². The quantitative estimate of drug-likeness (QED) is 0.703. The second-order valence-corrected chi connectivity index (χ2v) is 4.70. The molecule has 0 radical (unpaired) electrons. The summed E-state index contributed by atoms with van der Waals surface area (Å²) in [5.74, 6) is 0.